The van der Waals surface area contributed by atoms with Crippen LogP contribution in [-0.4, -0.2) is 35.0 Å². The van der Waals surface area contributed by atoms with Crippen LogP contribution in [0.5, 0.6) is 0 Å². The Balaban J connectivity index is 2.63. The predicted octanol–water partition coefficient (Wildman–Crippen LogP) is 0.944. The Morgan fingerprint density at radius 1 is 1.53 bits per heavy atom. The normalized spacial score (nSPS) is 13.5. The molecule has 0 fully saturated rings. The molecule has 1 atom stereocenters. The van der Waals surface area contributed by atoms with Gasteiger partial charge in [-0.05, 0) is 13.8 Å². The summed E-state index contributed by atoms with van der Waals surface area (Å²) in [6.07, 6.45) is -7.35. The van der Waals surface area contributed by atoms with Crippen LogP contribution in [-0.2, 0) is 0 Å². The van der Waals surface area contributed by atoms with E-state index >= 15 is 0 Å². The summed E-state index contributed by atoms with van der Waals surface area (Å²) in [6.45, 7) is 2.05. The van der Waals surface area contributed by atoms with Crippen LogP contribution in [0.1, 0.15) is 21.8 Å². The first-order valence-corrected chi connectivity index (χ1v) is 4.69. The van der Waals surface area contributed by atoms with Crippen LogP contribution in [0.2, 0.25) is 0 Å². The molecule has 1 amide bonds. The molecule has 1 aromatic rings. The number of rotatable bonds is 3. The number of aromatic nitrogens is 1. The van der Waals surface area contributed by atoms with Crippen molar-refractivity contribution in [2.75, 3.05) is 6.54 Å². The summed E-state index contributed by atoms with van der Waals surface area (Å²) in [7, 11) is 0. The van der Waals surface area contributed by atoms with E-state index in [4.69, 9.17) is 9.63 Å². The Hall–Kier alpha value is -1.57. The molecule has 0 saturated carbocycles. The Bertz CT molecular complexity index is 395. The molecular formula is C9H11F3N2O3. The van der Waals surface area contributed by atoms with Crippen LogP contribution < -0.4 is 5.32 Å². The fraction of sp³-hybridized carbons (Fsp3) is 0.556. The number of alkyl halides is 3. The zero-order chi connectivity index (χ0) is 13.2. The zero-order valence-corrected chi connectivity index (χ0v) is 9.13. The van der Waals surface area contributed by atoms with Gasteiger partial charge in [0.2, 0.25) is 0 Å². The molecule has 0 aliphatic carbocycles. The fourth-order valence-electron chi connectivity index (χ4n) is 1.20. The summed E-state index contributed by atoms with van der Waals surface area (Å²) in [6, 6.07) is 0. The van der Waals surface area contributed by atoms with Gasteiger partial charge < -0.3 is 14.9 Å². The van der Waals surface area contributed by atoms with Crippen molar-refractivity contribution in [1.82, 2.24) is 10.5 Å². The van der Waals surface area contributed by atoms with Gasteiger partial charge in [-0.3, -0.25) is 4.79 Å². The largest absolute Gasteiger partial charge is 0.416 e. The van der Waals surface area contributed by atoms with Gasteiger partial charge >= 0.3 is 6.18 Å². The van der Waals surface area contributed by atoms with Crippen LogP contribution in [0.3, 0.4) is 0 Å². The number of aliphatic hydroxyl groups excluding tert-OH is 1. The Morgan fingerprint density at radius 3 is 2.53 bits per heavy atom. The van der Waals surface area contributed by atoms with Gasteiger partial charge in [-0.15, -0.1) is 0 Å². The third-order valence-corrected chi connectivity index (χ3v) is 2.09. The van der Waals surface area contributed by atoms with Crippen molar-refractivity contribution < 1.29 is 27.6 Å². The maximum atomic E-state index is 12.0. The third kappa shape index (κ3) is 3.19. The van der Waals surface area contributed by atoms with E-state index in [-0.39, 0.29) is 17.0 Å². The summed E-state index contributed by atoms with van der Waals surface area (Å²) >= 11 is 0. The first-order valence-electron chi connectivity index (χ1n) is 4.69. The number of aryl methyl sites for hydroxylation is 2. The molecule has 1 aromatic heterocycles. The molecule has 1 heterocycles. The van der Waals surface area contributed by atoms with Crippen LogP contribution >= 0.6 is 0 Å². The second-order valence-electron chi connectivity index (χ2n) is 3.47. The molecule has 2 N–H and O–H groups in total. The minimum absolute atomic E-state index is 0.0828. The van der Waals surface area contributed by atoms with Crippen molar-refractivity contribution >= 4 is 5.91 Å². The molecule has 0 bridgehead atoms. The second-order valence-corrected chi connectivity index (χ2v) is 3.47. The Morgan fingerprint density at radius 2 is 2.12 bits per heavy atom. The van der Waals surface area contributed by atoms with Gasteiger partial charge in [-0.2, -0.15) is 13.2 Å². The van der Waals surface area contributed by atoms with Crippen LogP contribution in [0.4, 0.5) is 13.2 Å². The van der Waals surface area contributed by atoms with Crippen molar-refractivity contribution in [2.45, 2.75) is 26.1 Å². The number of carbonyl (C=O) groups excluding carboxylic acids is 1. The topological polar surface area (TPSA) is 75.4 Å². The minimum Gasteiger partial charge on any atom is -0.382 e. The van der Waals surface area contributed by atoms with Gasteiger partial charge in [0, 0.05) is 0 Å². The Labute approximate surface area is 94.6 Å². The van der Waals surface area contributed by atoms with Crippen molar-refractivity contribution in [3.8, 4) is 0 Å². The first-order chi connectivity index (χ1) is 7.73. The number of amides is 1. The number of hydrogen-bond acceptors (Lipinski definition) is 4. The zero-order valence-electron chi connectivity index (χ0n) is 9.13. The van der Waals surface area contributed by atoms with Gasteiger partial charge in [0.15, 0.2) is 6.10 Å². The van der Waals surface area contributed by atoms with E-state index in [0.29, 0.717) is 0 Å². The molecule has 0 aromatic carbocycles. The summed E-state index contributed by atoms with van der Waals surface area (Å²) in [5.41, 5.74) is 0.362. The average Bonchev–Trinajstić information content (AvgIpc) is 2.53. The molecule has 5 nitrogen and oxygen atoms in total. The Kier molecular flexibility index (Phi) is 3.76. The van der Waals surface area contributed by atoms with Gasteiger partial charge in [-0.25, -0.2) is 0 Å². The fourth-order valence-corrected chi connectivity index (χ4v) is 1.20. The maximum absolute atomic E-state index is 12.0. The summed E-state index contributed by atoms with van der Waals surface area (Å²) in [5, 5.41) is 14.1. The lowest BCUT2D eigenvalue weighted by molar-refractivity contribution is -0.201. The highest BCUT2D eigenvalue weighted by Gasteiger charge is 2.38. The SMILES string of the molecule is Cc1noc(C)c1C(=O)NCC(O)C(F)(F)F. The monoisotopic (exact) mass is 252 g/mol. The van der Waals surface area contributed by atoms with Gasteiger partial charge in [0.05, 0.1) is 12.2 Å². The lowest BCUT2D eigenvalue weighted by Gasteiger charge is -2.14. The highest BCUT2D eigenvalue weighted by atomic mass is 19.4. The smallest absolute Gasteiger partial charge is 0.382 e. The van der Waals surface area contributed by atoms with E-state index in [0.717, 1.165) is 0 Å². The van der Waals surface area contributed by atoms with Crippen molar-refractivity contribution in [1.29, 1.82) is 0 Å². The van der Waals surface area contributed by atoms with E-state index in [1.54, 1.807) is 0 Å². The third-order valence-electron chi connectivity index (χ3n) is 2.09. The van der Waals surface area contributed by atoms with Crippen LogP contribution in [0.25, 0.3) is 0 Å². The van der Waals surface area contributed by atoms with Crippen LogP contribution in [0.15, 0.2) is 4.52 Å². The molecule has 96 valence electrons. The van der Waals surface area contributed by atoms with E-state index in [1.165, 1.54) is 13.8 Å². The lowest BCUT2D eigenvalue weighted by Crippen LogP contribution is -2.40. The van der Waals surface area contributed by atoms with Gasteiger partial charge in [0.1, 0.15) is 11.3 Å². The predicted molar refractivity (Wildman–Crippen MR) is 50.4 cm³/mol. The standard InChI is InChI=1S/C9H11F3N2O3/c1-4-7(5(2)17-14-4)8(16)13-3-6(15)9(10,11)12/h6,15H,3H2,1-2H3,(H,13,16). The molecule has 1 unspecified atom stereocenters. The molecule has 8 heteroatoms. The molecule has 0 aliphatic rings. The summed E-state index contributed by atoms with van der Waals surface area (Å²) < 4.78 is 40.6. The molecule has 0 spiro atoms. The maximum Gasteiger partial charge on any atom is 0.416 e. The minimum atomic E-state index is -4.76. The van der Waals surface area contributed by atoms with Gasteiger partial charge in [0.25, 0.3) is 5.91 Å². The molecule has 0 aliphatic heterocycles. The van der Waals surface area contributed by atoms with Gasteiger partial charge in [-0.1, -0.05) is 5.16 Å². The number of halogens is 3. The average molecular weight is 252 g/mol. The van der Waals surface area contributed by atoms with Crippen molar-refractivity contribution in [2.24, 2.45) is 0 Å². The molecule has 17 heavy (non-hydrogen) atoms. The highest BCUT2D eigenvalue weighted by Crippen LogP contribution is 2.19. The second kappa shape index (κ2) is 4.74. The van der Waals surface area contributed by atoms with Crippen molar-refractivity contribution in [3.05, 3.63) is 17.0 Å². The molecule has 0 radical (unpaired) electrons. The number of hydrogen-bond donors (Lipinski definition) is 2. The highest BCUT2D eigenvalue weighted by molar-refractivity contribution is 5.96. The number of nitrogens with zero attached hydrogens (tertiary/aromatic N) is 1. The van der Waals surface area contributed by atoms with Crippen molar-refractivity contribution in [3.63, 3.8) is 0 Å². The van der Waals surface area contributed by atoms with Crippen LogP contribution in [0, 0.1) is 13.8 Å². The summed E-state index contributed by atoms with van der Waals surface area (Å²) in [4.78, 5) is 11.5. The van der Waals surface area contributed by atoms with E-state index in [1.807, 2.05) is 5.32 Å². The number of nitrogens with one attached hydrogen (secondary N) is 1. The molecule has 1 rings (SSSR count). The summed E-state index contributed by atoms with van der Waals surface area (Å²) in [5.74, 6) is -0.550. The molecule has 0 saturated heterocycles. The number of carbonyl (C=O) groups is 1. The van der Waals surface area contributed by atoms with E-state index < -0.39 is 24.7 Å². The van der Waals surface area contributed by atoms with E-state index in [2.05, 4.69) is 5.16 Å². The quantitative estimate of drug-likeness (QED) is 0.839. The first kappa shape index (κ1) is 13.5. The van der Waals surface area contributed by atoms with E-state index in [9.17, 15) is 18.0 Å². The lowest BCUT2D eigenvalue weighted by atomic mass is 10.2. The number of aliphatic hydroxyl groups is 1. The molecular weight excluding hydrogens is 241 g/mol.